The number of nitrogens with one attached hydrogen (secondary N) is 1. The number of hydrazine groups is 1. The smallest absolute Gasteiger partial charge is 0.124 e. The molecule has 1 atom stereocenters. The summed E-state index contributed by atoms with van der Waals surface area (Å²) < 4.78 is 12.8. The number of benzene rings is 1. The van der Waals surface area contributed by atoms with Gasteiger partial charge in [-0.1, -0.05) is 13.0 Å². The molecule has 78 valence electrons. The Balaban J connectivity index is 2.44. The fourth-order valence-corrected chi connectivity index (χ4v) is 2.13. The maximum atomic E-state index is 12.8. The molecule has 0 saturated carbocycles. The van der Waals surface area contributed by atoms with Gasteiger partial charge in [-0.15, -0.1) is 11.8 Å². The standard InChI is InChI=1S/C10H15FN2S/c1-2-9(13-12)7-14-10-5-3-4-8(11)6-10/h3-6,9,13H,2,7,12H2,1H3. The lowest BCUT2D eigenvalue weighted by Crippen LogP contribution is -2.36. The van der Waals surface area contributed by atoms with Gasteiger partial charge in [0.05, 0.1) is 0 Å². The van der Waals surface area contributed by atoms with E-state index in [1.165, 1.54) is 12.1 Å². The van der Waals surface area contributed by atoms with E-state index in [-0.39, 0.29) is 11.9 Å². The van der Waals surface area contributed by atoms with Crippen LogP contribution in [0.5, 0.6) is 0 Å². The van der Waals surface area contributed by atoms with Gasteiger partial charge in [0.2, 0.25) is 0 Å². The molecule has 1 aromatic rings. The molecule has 0 saturated heterocycles. The van der Waals surface area contributed by atoms with E-state index in [2.05, 4.69) is 12.3 Å². The highest BCUT2D eigenvalue weighted by Crippen LogP contribution is 2.19. The first kappa shape index (κ1) is 11.5. The average molecular weight is 214 g/mol. The van der Waals surface area contributed by atoms with Crippen LogP contribution < -0.4 is 11.3 Å². The molecule has 0 heterocycles. The molecule has 0 fully saturated rings. The molecule has 0 aliphatic heterocycles. The molecule has 3 N–H and O–H groups in total. The van der Waals surface area contributed by atoms with Gasteiger partial charge in [0, 0.05) is 16.7 Å². The van der Waals surface area contributed by atoms with Crippen molar-refractivity contribution in [1.29, 1.82) is 0 Å². The van der Waals surface area contributed by atoms with Gasteiger partial charge >= 0.3 is 0 Å². The highest BCUT2D eigenvalue weighted by Gasteiger charge is 2.04. The van der Waals surface area contributed by atoms with E-state index in [0.29, 0.717) is 0 Å². The molecule has 0 radical (unpaired) electrons. The SMILES string of the molecule is CCC(CSc1cccc(F)c1)NN. The summed E-state index contributed by atoms with van der Waals surface area (Å²) in [5, 5.41) is 0. The molecule has 14 heavy (non-hydrogen) atoms. The van der Waals surface area contributed by atoms with Gasteiger partial charge in [-0.25, -0.2) is 4.39 Å². The molecule has 0 aromatic heterocycles. The van der Waals surface area contributed by atoms with Gasteiger partial charge in [0.25, 0.3) is 0 Å². The Hall–Kier alpha value is -0.580. The fourth-order valence-electron chi connectivity index (χ4n) is 1.04. The lowest BCUT2D eigenvalue weighted by atomic mass is 10.3. The van der Waals surface area contributed by atoms with Crippen molar-refractivity contribution in [3.05, 3.63) is 30.1 Å². The molecule has 1 rings (SSSR count). The number of rotatable bonds is 5. The zero-order chi connectivity index (χ0) is 10.4. The van der Waals surface area contributed by atoms with Gasteiger partial charge < -0.3 is 0 Å². The van der Waals surface area contributed by atoms with Crippen molar-refractivity contribution in [2.24, 2.45) is 5.84 Å². The quantitative estimate of drug-likeness (QED) is 0.448. The summed E-state index contributed by atoms with van der Waals surface area (Å²) in [6.45, 7) is 2.07. The normalized spacial score (nSPS) is 12.8. The summed E-state index contributed by atoms with van der Waals surface area (Å²) >= 11 is 1.61. The third-order valence-corrected chi connectivity index (χ3v) is 3.13. The van der Waals surface area contributed by atoms with Crippen LogP contribution in [-0.4, -0.2) is 11.8 Å². The first-order valence-corrected chi connectivity index (χ1v) is 5.59. The summed E-state index contributed by atoms with van der Waals surface area (Å²) in [5.41, 5.74) is 2.72. The van der Waals surface area contributed by atoms with Crippen LogP contribution in [0.4, 0.5) is 4.39 Å². The Morgan fingerprint density at radius 3 is 2.93 bits per heavy atom. The largest absolute Gasteiger partial charge is 0.271 e. The predicted octanol–water partition coefficient (Wildman–Crippen LogP) is 2.16. The van der Waals surface area contributed by atoms with E-state index in [1.807, 2.05) is 6.07 Å². The van der Waals surface area contributed by atoms with Crippen molar-refractivity contribution in [3.63, 3.8) is 0 Å². The van der Waals surface area contributed by atoms with Gasteiger partial charge in [-0.3, -0.25) is 11.3 Å². The lowest BCUT2D eigenvalue weighted by Gasteiger charge is -2.12. The highest BCUT2D eigenvalue weighted by molar-refractivity contribution is 7.99. The molecular formula is C10H15FN2S. The Labute approximate surface area is 88.0 Å². The Morgan fingerprint density at radius 2 is 2.36 bits per heavy atom. The van der Waals surface area contributed by atoms with Gasteiger partial charge in [-0.2, -0.15) is 0 Å². The molecular weight excluding hydrogens is 199 g/mol. The molecule has 0 bridgehead atoms. The molecule has 4 heteroatoms. The molecule has 0 amide bonds. The van der Waals surface area contributed by atoms with Crippen molar-refractivity contribution >= 4 is 11.8 Å². The number of nitrogens with two attached hydrogens (primary N) is 1. The Bertz CT molecular complexity index is 277. The minimum Gasteiger partial charge on any atom is -0.271 e. The van der Waals surface area contributed by atoms with Gasteiger partial charge in [0.1, 0.15) is 5.82 Å². The summed E-state index contributed by atoms with van der Waals surface area (Å²) in [6.07, 6.45) is 0.971. The van der Waals surface area contributed by atoms with Crippen LogP contribution >= 0.6 is 11.8 Å². The third kappa shape index (κ3) is 3.65. The average Bonchev–Trinajstić information content (AvgIpc) is 2.19. The second-order valence-corrected chi connectivity index (χ2v) is 4.13. The van der Waals surface area contributed by atoms with E-state index in [0.717, 1.165) is 17.1 Å². The predicted molar refractivity (Wildman–Crippen MR) is 58.5 cm³/mol. The molecule has 1 unspecified atom stereocenters. The number of halogens is 1. The van der Waals surface area contributed by atoms with Crippen LogP contribution in [-0.2, 0) is 0 Å². The van der Waals surface area contributed by atoms with Gasteiger partial charge in [-0.05, 0) is 24.6 Å². The highest BCUT2D eigenvalue weighted by atomic mass is 32.2. The first-order valence-electron chi connectivity index (χ1n) is 4.60. The second-order valence-electron chi connectivity index (χ2n) is 3.04. The molecule has 1 aromatic carbocycles. The van der Waals surface area contributed by atoms with Crippen LogP contribution in [0.3, 0.4) is 0 Å². The number of thioether (sulfide) groups is 1. The summed E-state index contributed by atoms with van der Waals surface area (Å²) in [7, 11) is 0. The monoisotopic (exact) mass is 214 g/mol. The van der Waals surface area contributed by atoms with Crippen molar-refractivity contribution in [2.45, 2.75) is 24.3 Å². The number of hydrogen-bond donors (Lipinski definition) is 2. The van der Waals surface area contributed by atoms with Crippen LogP contribution in [0.1, 0.15) is 13.3 Å². The van der Waals surface area contributed by atoms with E-state index < -0.39 is 0 Å². The topological polar surface area (TPSA) is 38.0 Å². The van der Waals surface area contributed by atoms with Gasteiger partial charge in [0.15, 0.2) is 0 Å². The maximum Gasteiger partial charge on any atom is 0.124 e. The van der Waals surface area contributed by atoms with Crippen molar-refractivity contribution in [2.75, 3.05) is 5.75 Å². The number of hydrogen-bond acceptors (Lipinski definition) is 3. The lowest BCUT2D eigenvalue weighted by molar-refractivity contribution is 0.562. The Morgan fingerprint density at radius 1 is 1.57 bits per heavy atom. The van der Waals surface area contributed by atoms with Crippen LogP contribution in [0.25, 0.3) is 0 Å². The zero-order valence-electron chi connectivity index (χ0n) is 8.16. The van der Waals surface area contributed by atoms with Crippen LogP contribution in [0.2, 0.25) is 0 Å². The zero-order valence-corrected chi connectivity index (χ0v) is 8.98. The van der Waals surface area contributed by atoms with Crippen molar-refractivity contribution in [1.82, 2.24) is 5.43 Å². The molecule has 0 aliphatic rings. The molecule has 0 aliphatic carbocycles. The summed E-state index contributed by atoms with van der Waals surface area (Å²) in [4.78, 5) is 0.943. The summed E-state index contributed by atoms with van der Waals surface area (Å²) in [6, 6.07) is 6.88. The minimum absolute atomic E-state index is 0.191. The second kappa shape index (κ2) is 6.01. The van der Waals surface area contributed by atoms with E-state index >= 15 is 0 Å². The van der Waals surface area contributed by atoms with Crippen molar-refractivity contribution < 1.29 is 4.39 Å². The molecule has 0 spiro atoms. The minimum atomic E-state index is -0.191. The van der Waals surface area contributed by atoms with E-state index in [4.69, 9.17) is 5.84 Å². The maximum absolute atomic E-state index is 12.8. The third-order valence-electron chi connectivity index (χ3n) is 1.98. The summed E-state index contributed by atoms with van der Waals surface area (Å²) in [5.74, 6) is 6.01. The van der Waals surface area contributed by atoms with Crippen molar-refractivity contribution in [3.8, 4) is 0 Å². The van der Waals surface area contributed by atoms with E-state index in [9.17, 15) is 4.39 Å². The molecule has 2 nitrogen and oxygen atoms in total. The Kier molecular flexibility index (Phi) is 4.93. The first-order chi connectivity index (χ1) is 6.76. The fraction of sp³-hybridized carbons (Fsp3) is 0.400. The van der Waals surface area contributed by atoms with Crippen LogP contribution in [0.15, 0.2) is 29.2 Å². The van der Waals surface area contributed by atoms with E-state index in [1.54, 1.807) is 17.8 Å². The van der Waals surface area contributed by atoms with Crippen LogP contribution in [0, 0.1) is 5.82 Å².